The van der Waals surface area contributed by atoms with Crippen LogP contribution in [-0.4, -0.2) is 91.0 Å². The highest BCUT2D eigenvalue weighted by atomic mass is 16.5. The zero-order chi connectivity index (χ0) is 40.9. The SMILES string of the molecule is COc1cc2nn(C3CCC(CN(C)C4CCN(c5cccc6c5n(C)c(=O)n6C5CCC(=O)NC5=O)CC4)CC3)cc2cc1NC(=O)n1ccc2cc(C#N)cnc21. The van der Waals surface area contributed by atoms with Crippen molar-refractivity contribution in [1.82, 2.24) is 38.7 Å². The monoisotopic (exact) mass is 797 g/mol. The molecule has 2 aliphatic heterocycles. The summed E-state index contributed by atoms with van der Waals surface area (Å²) in [5, 5.41) is 21.1. The highest BCUT2D eigenvalue weighted by Gasteiger charge is 2.33. The Labute approximate surface area is 339 Å². The molecule has 1 unspecified atom stereocenters. The Morgan fingerprint density at radius 3 is 2.58 bits per heavy atom. The van der Waals surface area contributed by atoms with Gasteiger partial charge in [0.1, 0.15) is 23.5 Å². The summed E-state index contributed by atoms with van der Waals surface area (Å²) in [5.41, 5.74) is 4.51. The second-order valence-electron chi connectivity index (χ2n) is 16.2. The van der Waals surface area contributed by atoms with Gasteiger partial charge in [0.05, 0.1) is 46.6 Å². The lowest BCUT2D eigenvalue weighted by molar-refractivity contribution is -0.135. The van der Waals surface area contributed by atoms with Crippen molar-refractivity contribution >= 4 is 62.2 Å². The number of aryl methyl sites for hydroxylation is 1. The predicted molar refractivity (Wildman–Crippen MR) is 223 cm³/mol. The second-order valence-corrected chi connectivity index (χ2v) is 16.2. The molecule has 1 atom stereocenters. The van der Waals surface area contributed by atoms with Crippen molar-refractivity contribution in [3.05, 3.63) is 77.1 Å². The van der Waals surface area contributed by atoms with Gasteiger partial charge < -0.3 is 19.9 Å². The molecule has 16 nitrogen and oxygen atoms in total. The van der Waals surface area contributed by atoms with E-state index in [2.05, 4.69) is 55.5 Å². The maximum absolute atomic E-state index is 13.5. The maximum Gasteiger partial charge on any atom is 0.331 e. The third-order valence-corrected chi connectivity index (χ3v) is 12.7. The number of carbonyl (C=O) groups is 3. The summed E-state index contributed by atoms with van der Waals surface area (Å²) in [6.07, 6.45) is 12.0. The summed E-state index contributed by atoms with van der Waals surface area (Å²) < 4.78 is 12.4. The molecule has 16 heteroatoms. The molecular weight excluding hydrogens is 751 g/mol. The van der Waals surface area contributed by atoms with Gasteiger partial charge in [0.25, 0.3) is 0 Å². The van der Waals surface area contributed by atoms with Crippen LogP contribution < -0.4 is 26.0 Å². The molecule has 1 saturated carbocycles. The van der Waals surface area contributed by atoms with Crippen LogP contribution in [0.25, 0.3) is 33.0 Å². The molecule has 59 heavy (non-hydrogen) atoms. The molecule has 3 fully saturated rings. The van der Waals surface area contributed by atoms with Crippen molar-refractivity contribution in [1.29, 1.82) is 5.26 Å². The lowest BCUT2D eigenvalue weighted by atomic mass is 9.85. The Kier molecular flexibility index (Phi) is 9.92. The van der Waals surface area contributed by atoms with Crippen molar-refractivity contribution < 1.29 is 19.1 Å². The number of imidazole rings is 1. The van der Waals surface area contributed by atoms with E-state index in [9.17, 15) is 24.4 Å². The minimum Gasteiger partial charge on any atom is -0.494 e. The first-order chi connectivity index (χ1) is 28.6. The molecule has 3 amide bonds. The van der Waals surface area contributed by atoms with Crippen molar-refractivity contribution in [3.8, 4) is 11.8 Å². The normalized spacial score (nSPS) is 20.4. The molecule has 304 valence electrons. The molecule has 2 saturated heterocycles. The maximum atomic E-state index is 13.5. The summed E-state index contributed by atoms with van der Waals surface area (Å²) in [6.45, 7) is 2.78. The number of anilines is 2. The molecule has 1 aliphatic carbocycles. The first kappa shape index (κ1) is 38.1. The van der Waals surface area contributed by atoms with Crippen LogP contribution in [0.1, 0.15) is 69.0 Å². The number of para-hydroxylation sites is 1. The number of benzene rings is 2. The number of nitrogens with one attached hydrogen (secondary N) is 2. The van der Waals surface area contributed by atoms with Gasteiger partial charge in [-0.25, -0.2) is 14.6 Å². The van der Waals surface area contributed by atoms with E-state index in [4.69, 9.17) is 9.84 Å². The third kappa shape index (κ3) is 6.98. The van der Waals surface area contributed by atoms with E-state index in [0.717, 1.165) is 80.3 Å². The van der Waals surface area contributed by atoms with E-state index in [1.54, 1.807) is 41.6 Å². The standard InChI is InChI=1S/C43H47N11O5/c1-49(30-14-16-51(17-15-30)34-5-4-6-35-39(34)50(2)43(58)54(35)36-11-12-38(55)47-41(36)56)24-26-7-9-31(10-8-26)53-25-29-20-33(37(59-3)21-32(29)48-53)46-42(57)52-18-13-28-19-27(22-44)23-45-40(28)52/h4-6,13,18-21,23,25-26,30-31,36H,7-12,14-17,24H2,1-3H3,(H,46,57)(H,47,55,56). The molecule has 0 radical (unpaired) electrons. The van der Waals surface area contributed by atoms with Crippen LogP contribution in [0.3, 0.4) is 0 Å². The van der Waals surface area contributed by atoms with Gasteiger partial charge in [-0.3, -0.25) is 33.3 Å². The van der Waals surface area contributed by atoms with Crippen LogP contribution in [0.5, 0.6) is 5.75 Å². The minimum absolute atomic E-state index is 0.213. The first-order valence-electron chi connectivity index (χ1n) is 20.3. The topological polar surface area (TPSA) is 177 Å². The Hall–Kier alpha value is -6.47. The number of aromatic nitrogens is 6. The predicted octanol–water partition coefficient (Wildman–Crippen LogP) is 5.31. The number of piperidine rings is 2. The highest BCUT2D eigenvalue weighted by molar-refractivity contribution is 6.01. The fraction of sp³-hybridized carbons (Fsp3) is 0.419. The highest BCUT2D eigenvalue weighted by Crippen LogP contribution is 2.37. The summed E-state index contributed by atoms with van der Waals surface area (Å²) in [4.78, 5) is 60.6. The van der Waals surface area contributed by atoms with Crippen molar-refractivity contribution in [2.45, 2.75) is 69.5 Å². The van der Waals surface area contributed by atoms with Crippen LogP contribution in [0.15, 0.2) is 65.8 Å². The Balaban J connectivity index is 0.806. The average Bonchev–Trinajstić information content (AvgIpc) is 3.94. The van der Waals surface area contributed by atoms with Crippen LogP contribution >= 0.6 is 0 Å². The number of ether oxygens (including phenoxy) is 1. The molecular formula is C43H47N11O5. The van der Waals surface area contributed by atoms with Gasteiger partial charge in [0.2, 0.25) is 11.8 Å². The Morgan fingerprint density at radius 2 is 1.83 bits per heavy atom. The van der Waals surface area contributed by atoms with Crippen molar-refractivity contribution in [2.75, 3.05) is 44.0 Å². The van der Waals surface area contributed by atoms with Crippen LogP contribution in [-0.2, 0) is 16.6 Å². The number of rotatable bonds is 8. The van der Waals surface area contributed by atoms with E-state index < -0.39 is 11.9 Å². The first-order valence-corrected chi connectivity index (χ1v) is 20.3. The van der Waals surface area contributed by atoms with Gasteiger partial charge in [-0.2, -0.15) is 10.4 Å². The van der Waals surface area contributed by atoms with Gasteiger partial charge in [-0.05, 0) is 88.2 Å². The average molecular weight is 798 g/mol. The fourth-order valence-corrected chi connectivity index (χ4v) is 9.55. The van der Waals surface area contributed by atoms with Gasteiger partial charge in [0, 0.05) is 74.6 Å². The van der Waals surface area contributed by atoms with Crippen LogP contribution in [0, 0.1) is 17.2 Å². The number of carbonyl (C=O) groups excluding carboxylic acids is 3. The molecule has 2 aromatic carbocycles. The van der Waals surface area contributed by atoms with E-state index in [1.165, 1.54) is 10.8 Å². The number of imide groups is 1. The van der Waals surface area contributed by atoms with Crippen LogP contribution in [0.4, 0.5) is 16.2 Å². The number of hydrogen-bond donors (Lipinski definition) is 2. The minimum atomic E-state index is -0.704. The molecule has 3 aliphatic rings. The number of hydrogen-bond acceptors (Lipinski definition) is 10. The molecule has 6 heterocycles. The smallest absolute Gasteiger partial charge is 0.331 e. The number of nitrogens with zero attached hydrogens (tertiary/aromatic N) is 9. The third-order valence-electron chi connectivity index (χ3n) is 12.7. The number of fused-ring (bicyclic) bond motifs is 3. The number of methoxy groups -OCH3 is 1. The van der Waals surface area contributed by atoms with Crippen molar-refractivity contribution in [2.24, 2.45) is 13.0 Å². The summed E-state index contributed by atoms with van der Waals surface area (Å²) in [7, 11) is 5.58. The summed E-state index contributed by atoms with van der Waals surface area (Å²) in [5.74, 6) is 0.386. The number of amides is 3. The van der Waals surface area contributed by atoms with E-state index in [-0.39, 0.29) is 30.1 Å². The zero-order valence-electron chi connectivity index (χ0n) is 33.4. The van der Waals surface area contributed by atoms with Gasteiger partial charge in [-0.15, -0.1) is 0 Å². The summed E-state index contributed by atoms with van der Waals surface area (Å²) >= 11 is 0. The molecule has 6 aromatic rings. The molecule has 2 N–H and O–H groups in total. The largest absolute Gasteiger partial charge is 0.494 e. The zero-order valence-corrected chi connectivity index (χ0v) is 33.4. The summed E-state index contributed by atoms with van der Waals surface area (Å²) in [6, 6.07) is 14.9. The Morgan fingerprint density at radius 1 is 1.03 bits per heavy atom. The quantitative estimate of drug-likeness (QED) is 0.192. The van der Waals surface area contributed by atoms with Crippen molar-refractivity contribution in [3.63, 3.8) is 0 Å². The van der Waals surface area contributed by atoms with Gasteiger partial charge >= 0.3 is 11.7 Å². The van der Waals surface area contributed by atoms with Gasteiger partial charge in [-0.1, -0.05) is 6.07 Å². The second kappa shape index (κ2) is 15.4. The number of nitriles is 1. The Bertz CT molecular complexity index is 2720. The van der Waals surface area contributed by atoms with Gasteiger partial charge in [0.15, 0.2) is 0 Å². The lowest BCUT2D eigenvalue weighted by Crippen LogP contribution is -2.45. The van der Waals surface area contributed by atoms with E-state index >= 15 is 0 Å². The fourth-order valence-electron chi connectivity index (χ4n) is 9.55. The van der Waals surface area contributed by atoms with E-state index in [0.29, 0.717) is 51.9 Å². The molecule has 4 aromatic heterocycles. The number of pyridine rings is 1. The molecule has 0 spiro atoms. The lowest BCUT2D eigenvalue weighted by Gasteiger charge is -2.40. The van der Waals surface area contributed by atoms with E-state index in [1.807, 2.05) is 24.3 Å². The van der Waals surface area contributed by atoms with Crippen LogP contribution in [0.2, 0.25) is 0 Å². The molecule has 9 rings (SSSR count). The molecule has 0 bridgehead atoms.